The molecule has 0 aromatic heterocycles. The summed E-state index contributed by atoms with van der Waals surface area (Å²) in [7, 11) is 1.63. The summed E-state index contributed by atoms with van der Waals surface area (Å²) < 4.78 is 0. The molecule has 1 aromatic rings. The molecule has 0 bridgehead atoms. The highest BCUT2D eigenvalue weighted by atomic mass is 16.4. The maximum Gasteiger partial charge on any atom is 0.335 e. The maximum absolute atomic E-state index is 12.0. The fourth-order valence-electron chi connectivity index (χ4n) is 2.05. The average molecular weight is 349 g/mol. The number of carboxylic acids is 1. The molecule has 1 aromatic carbocycles. The van der Waals surface area contributed by atoms with Gasteiger partial charge in [0.1, 0.15) is 0 Å². The van der Waals surface area contributed by atoms with E-state index in [1.54, 1.807) is 19.2 Å². The lowest BCUT2D eigenvalue weighted by Gasteiger charge is -2.17. The van der Waals surface area contributed by atoms with Crippen molar-refractivity contribution in [1.82, 2.24) is 15.5 Å². The Morgan fingerprint density at radius 2 is 1.60 bits per heavy atom. The molecular weight excluding hydrogens is 326 g/mol. The minimum absolute atomic E-state index is 0.0706. The third kappa shape index (κ3) is 7.96. The van der Waals surface area contributed by atoms with Crippen molar-refractivity contribution in [2.45, 2.75) is 26.3 Å². The maximum atomic E-state index is 12.0. The zero-order chi connectivity index (χ0) is 18.8. The van der Waals surface area contributed by atoms with E-state index in [1.165, 1.54) is 24.0 Å². The van der Waals surface area contributed by atoms with Crippen LogP contribution in [0.25, 0.3) is 0 Å². The number of aromatic carboxylic acids is 1. The van der Waals surface area contributed by atoms with Gasteiger partial charge in [-0.1, -0.05) is 12.1 Å². The van der Waals surface area contributed by atoms with E-state index in [4.69, 9.17) is 5.11 Å². The fourth-order valence-corrected chi connectivity index (χ4v) is 2.05. The van der Waals surface area contributed by atoms with Crippen molar-refractivity contribution in [2.24, 2.45) is 0 Å². The first-order valence-electron chi connectivity index (χ1n) is 7.87. The molecule has 0 atom stereocenters. The van der Waals surface area contributed by atoms with Gasteiger partial charge in [-0.2, -0.15) is 0 Å². The summed E-state index contributed by atoms with van der Waals surface area (Å²) in [4.78, 5) is 46.6. The molecule has 1 rings (SSSR count). The van der Waals surface area contributed by atoms with Crippen molar-refractivity contribution in [3.8, 4) is 0 Å². The molecule has 136 valence electrons. The molecule has 25 heavy (non-hydrogen) atoms. The largest absolute Gasteiger partial charge is 0.478 e. The van der Waals surface area contributed by atoms with Gasteiger partial charge in [-0.3, -0.25) is 14.4 Å². The third-order valence-corrected chi connectivity index (χ3v) is 3.43. The smallest absolute Gasteiger partial charge is 0.335 e. The Labute approximate surface area is 146 Å². The Hall–Kier alpha value is -2.90. The zero-order valence-corrected chi connectivity index (χ0v) is 14.4. The van der Waals surface area contributed by atoms with Crippen molar-refractivity contribution < 1.29 is 24.3 Å². The third-order valence-electron chi connectivity index (χ3n) is 3.43. The van der Waals surface area contributed by atoms with Gasteiger partial charge in [-0.25, -0.2) is 4.79 Å². The molecule has 0 aliphatic heterocycles. The molecule has 0 radical (unpaired) electrons. The number of hydrogen-bond acceptors (Lipinski definition) is 4. The van der Waals surface area contributed by atoms with Crippen LogP contribution in [0.15, 0.2) is 24.3 Å². The van der Waals surface area contributed by atoms with Crippen LogP contribution >= 0.6 is 0 Å². The highest BCUT2D eigenvalue weighted by Crippen LogP contribution is 2.08. The summed E-state index contributed by atoms with van der Waals surface area (Å²) in [6, 6.07) is 6.28. The monoisotopic (exact) mass is 349 g/mol. The van der Waals surface area contributed by atoms with Crippen LogP contribution in [0.5, 0.6) is 0 Å². The number of hydrogen-bond donors (Lipinski definition) is 3. The normalized spacial score (nSPS) is 10.0. The zero-order valence-electron chi connectivity index (χ0n) is 14.4. The van der Waals surface area contributed by atoms with Crippen LogP contribution in [0.4, 0.5) is 0 Å². The van der Waals surface area contributed by atoms with Crippen LogP contribution in [0.2, 0.25) is 0 Å². The number of nitrogens with zero attached hydrogens (tertiary/aromatic N) is 1. The topological polar surface area (TPSA) is 116 Å². The fraction of sp³-hybridized carbons (Fsp3) is 0.412. The van der Waals surface area contributed by atoms with Crippen molar-refractivity contribution in [3.63, 3.8) is 0 Å². The summed E-state index contributed by atoms with van der Waals surface area (Å²) in [6.07, 6.45) is 0.150. The van der Waals surface area contributed by atoms with Crippen LogP contribution in [-0.4, -0.2) is 53.8 Å². The Morgan fingerprint density at radius 1 is 1.00 bits per heavy atom. The Bertz CT molecular complexity index is 628. The number of carbonyl (C=O) groups is 4. The molecule has 8 heteroatoms. The number of carboxylic acid groups (broad SMARTS) is 1. The van der Waals surface area contributed by atoms with E-state index >= 15 is 0 Å². The van der Waals surface area contributed by atoms with Crippen molar-refractivity contribution in [1.29, 1.82) is 0 Å². The SMILES string of the molecule is CC(=O)NCCNC(=O)CCC(=O)N(C)Cc1ccc(C(=O)O)cc1. The van der Waals surface area contributed by atoms with Gasteiger partial charge in [0.15, 0.2) is 0 Å². The van der Waals surface area contributed by atoms with E-state index in [9.17, 15) is 19.2 Å². The first-order chi connectivity index (χ1) is 11.8. The molecule has 8 nitrogen and oxygen atoms in total. The lowest BCUT2D eigenvalue weighted by atomic mass is 10.1. The minimum Gasteiger partial charge on any atom is -0.478 e. The summed E-state index contributed by atoms with van der Waals surface area (Å²) >= 11 is 0. The lowest BCUT2D eigenvalue weighted by Crippen LogP contribution is -2.34. The molecular formula is C17H23N3O5. The molecule has 0 aliphatic carbocycles. The number of benzene rings is 1. The Kier molecular flexibility index (Phi) is 8.11. The van der Waals surface area contributed by atoms with Gasteiger partial charge in [0.2, 0.25) is 17.7 Å². The molecule has 0 saturated carbocycles. The molecule has 0 heterocycles. The van der Waals surface area contributed by atoms with E-state index in [-0.39, 0.29) is 36.1 Å². The molecule has 0 unspecified atom stereocenters. The molecule has 0 saturated heterocycles. The van der Waals surface area contributed by atoms with E-state index < -0.39 is 5.97 Å². The summed E-state index contributed by atoms with van der Waals surface area (Å²) in [5.41, 5.74) is 0.995. The van der Waals surface area contributed by atoms with E-state index in [0.717, 1.165) is 5.56 Å². The van der Waals surface area contributed by atoms with Crippen LogP contribution in [-0.2, 0) is 20.9 Å². The van der Waals surface area contributed by atoms with Crippen molar-refractivity contribution >= 4 is 23.7 Å². The highest BCUT2D eigenvalue weighted by Gasteiger charge is 2.12. The van der Waals surface area contributed by atoms with Crippen molar-refractivity contribution in [3.05, 3.63) is 35.4 Å². The number of amides is 3. The van der Waals surface area contributed by atoms with Crippen LogP contribution in [0.3, 0.4) is 0 Å². The number of rotatable bonds is 9. The predicted molar refractivity (Wildman–Crippen MR) is 90.8 cm³/mol. The van der Waals surface area contributed by atoms with E-state index in [1.807, 2.05) is 0 Å². The summed E-state index contributed by atoms with van der Waals surface area (Å²) in [5, 5.41) is 14.0. The first kappa shape index (κ1) is 20.1. The highest BCUT2D eigenvalue weighted by molar-refractivity contribution is 5.87. The summed E-state index contributed by atoms with van der Waals surface area (Å²) in [6.45, 7) is 2.40. The average Bonchev–Trinajstić information content (AvgIpc) is 2.56. The van der Waals surface area contributed by atoms with Gasteiger partial charge in [0, 0.05) is 46.4 Å². The predicted octanol–water partition coefficient (Wildman–Crippen LogP) is 0.376. The second-order valence-electron chi connectivity index (χ2n) is 5.58. The van der Waals surface area contributed by atoms with Gasteiger partial charge >= 0.3 is 5.97 Å². The van der Waals surface area contributed by atoms with Crippen LogP contribution in [0.1, 0.15) is 35.7 Å². The van der Waals surface area contributed by atoms with Crippen LogP contribution in [0, 0.1) is 0 Å². The Morgan fingerprint density at radius 3 is 2.16 bits per heavy atom. The quantitative estimate of drug-likeness (QED) is 0.557. The number of carbonyl (C=O) groups excluding carboxylic acids is 3. The second-order valence-corrected chi connectivity index (χ2v) is 5.58. The minimum atomic E-state index is -1.000. The van der Waals surface area contributed by atoms with Crippen LogP contribution < -0.4 is 10.6 Å². The summed E-state index contributed by atoms with van der Waals surface area (Å²) in [5.74, 6) is -1.60. The lowest BCUT2D eigenvalue weighted by molar-refractivity contribution is -0.132. The molecule has 3 N–H and O–H groups in total. The number of nitrogens with one attached hydrogen (secondary N) is 2. The first-order valence-corrected chi connectivity index (χ1v) is 7.87. The second kappa shape index (κ2) is 10.1. The molecule has 0 spiro atoms. The van der Waals surface area contributed by atoms with Crippen molar-refractivity contribution in [2.75, 3.05) is 20.1 Å². The van der Waals surface area contributed by atoms with Gasteiger partial charge < -0.3 is 20.6 Å². The van der Waals surface area contributed by atoms with Gasteiger partial charge in [0.05, 0.1) is 5.56 Å². The molecule has 3 amide bonds. The van der Waals surface area contributed by atoms with Gasteiger partial charge in [-0.05, 0) is 17.7 Å². The standard InChI is InChI=1S/C17H23N3O5/c1-12(21)18-9-10-19-15(22)7-8-16(23)20(2)11-13-3-5-14(6-4-13)17(24)25/h3-6H,7-11H2,1-2H3,(H,18,21)(H,19,22)(H,24,25). The molecule has 0 aliphatic rings. The molecule has 0 fully saturated rings. The Balaban J connectivity index is 2.32. The van der Waals surface area contributed by atoms with Gasteiger partial charge in [0.25, 0.3) is 0 Å². The van der Waals surface area contributed by atoms with E-state index in [0.29, 0.717) is 19.6 Å². The van der Waals surface area contributed by atoms with Gasteiger partial charge in [-0.15, -0.1) is 0 Å². The van der Waals surface area contributed by atoms with E-state index in [2.05, 4.69) is 10.6 Å².